The number of nitrogens with two attached hydrogens (primary N) is 1. The number of fused-ring (bicyclic) bond motifs is 2. The first-order valence-corrected chi connectivity index (χ1v) is 10.0. The number of carboxylic acids is 1. The van der Waals surface area contributed by atoms with Crippen molar-refractivity contribution < 1.29 is 9.90 Å². The zero-order chi connectivity index (χ0) is 20.0. The van der Waals surface area contributed by atoms with Gasteiger partial charge in [-0.25, -0.2) is 14.8 Å². The molecule has 2 aromatic heterocycles. The standard InChI is InChI=1S/C23H22N4O2/c24-21-20-19(12-27(22(20)26-13-25-21)16-6-2-1-3-7-16)15-9-10-17-14(11-15)5-4-8-18(17)23(28)29/h4-5,8-13,16H,1-3,6-7H2,(H,28,29)(H2,24,25,26). The Morgan fingerprint density at radius 3 is 2.72 bits per heavy atom. The van der Waals surface area contributed by atoms with Gasteiger partial charge in [0.2, 0.25) is 0 Å². The first-order chi connectivity index (χ1) is 14.1. The van der Waals surface area contributed by atoms with E-state index in [4.69, 9.17) is 5.73 Å². The Kier molecular flexibility index (Phi) is 4.19. The van der Waals surface area contributed by atoms with Gasteiger partial charge < -0.3 is 15.4 Å². The summed E-state index contributed by atoms with van der Waals surface area (Å²) in [5, 5.41) is 11.9. The van der Waals surface area contributed by atoms with Crippen molar-refractivity contribution in [3.05, 3.63) is 54.5 Å². The van der Waals surface area contributed by atoms with E-state index in [-0.39, 0.29) is 0 Å². The number of benzene rings is 2. The van der Waals surface area contributed by atoms with Crippen LogP contribution in [0.15, 0.2) is 48.9 Å². The normalized spacial score (nSPS) is 15.2. The predicted octanol–water partition coefficient (Wildman–Crippen LogP) is 5.04. The first-order valence-electron chi connectivity index (χ1n) is 10.0. The molecule has 0 atom stereocenters. The first kappa shape index (κ1) is 17.7. The van der Waals surface area contributed by atoms with Gasteiger partial charge in [0.05, 0.1) is 10.9 Å². The molecule has 1 aliphatic carbocycles. The Balaban J connectivity index is 1.71. The van der Waals surface area contributed by atoms with E-state index >= 15 is 0 Å². The molecule has 6 nitrogen and oxygen atoms in total. The molecule has 0 bridgehead atoms. The summed E-state index contributed by atoms with van der Waals surface area (Å²) in [6, 6.07) is 11.6. The highest BCUT2D eigenvalue weighted by Crippen LogP contribution is 2.38. The predicted molar refractivity (Wildman–Crippen MR) is 114 cm³/mol. The SMILES string of the molecule is Nc1ncnc2c1c(-c1ccc3c(C(=O)O)cccc3c1)cn2C1CCCCC1. The Hall–Kier alpha value is -3.41. The molecule has 0 aliphatic heterocycles. The summed E-state index contributed by atoms with van der Waals surface area (Å²) < 4.78 is 2.26. The molecular weight excluding hydrogens is 364 g/mol. The number of carbonyl (C=O) groups is 1. The molecule has 0 radical (unpaired) electrons. The van der Waals surface area contributed by atoms with Crippen LogP contribution in [0.25, 0.3) is 32.9 Å². The number of nitrogens with zero attached hydrogens (tertiary/aromatic N) is 3. The van der Waals surface area contributed by atoms with E-state index in [1.165, 1.54) is 25.6 Å². The van der Waals surface area contributed by atoms with Gasteiger partial charge in [-0.15, -0.1) is 0 Å². The molecule has 146 valence electrons. The maximum absolute atomic E-state index is 11.5. The number of aromatic nitrogens is 3. The van der Waals surface area contributed by atoms with Crippen LogP contribution in [0.5, 0.6) is 0 Å². The number of nitrogen functional groups attached to an aromatic ring is 1. The van der Waals surface area contributed by atoms with Gasteiger partial charge in [0.1, 0.15) is 17.8 Å². The molecule has 0 unspecified atom stereocenters. The van der Waals surface area contributed by atoms with Crippen LogP contribution in [-0.2, 0) is 0 Å². The maximum Gasteiger partial charge on any atom is 0.336 e. The van der Waals surface area contributed by atoms with Crippen LogP contribution >= 0.6 is 0 Å². The Morgan fingerprint density at radius 2 is 1.93 bits per heavy atom. The third-order valence-electron chi connectivity index (χ3n) is 6.03. The van der Waals surface area contributed by atoms with Crippen LogP contribution in [0.1, 0.15) is 48.5 Å². The maximum atomic E-state index is 11.5. The number of rotatable bonds is 3. The topological polar surface area (TPSA) is 94.0 Å². The largest absolute Gasteiger partial charge is 0.478 e. The number of hydrogen-bond donors (Lipinski definition) is 2. The van der Waals surface area contributed by atoms with Crippen molar-refractivity contribution in [2.75, 3.05) is 5.73 Å². The summed E-state index contributed by atoms with van der Waals surface area (Å²) in [4.78, 5) is 20.3. The van der Waals surface area contributed by atoms with Gasteiger partial charge in [-0.05, 0) is 41.3 Å². The fourth-order valence-electron chi connectivity index (χ4n) is 4.60. The van der Waals surface area contributed by atoms with Crippen molar-refractivity contribution in [2.45, 2.75) is 38.1 Å². The van der Waals surface area contributed by atoms with Gasteiger partial charge in [0.25, 0.3) is 0 Å². The van der Waals surface area contributed by atoms with Crippen LogP contribution in [-0.4, -0.2) is 25.6 Å². The summed E-state index contributed by atoms with van der Waals surface area (Å²) >= 11 is 0. The number of aromatic carboxylic acids is 1. The van der Waals surface area contributed by atoms with Gasteiger partial charge >= 0.3 is 5.97 Å². The molecule has 3 N–H and O–H groups in total. The van der Waals surface area contributed by atoms with Crippen LogP contribution in [0, 0.1) is 0 Å². The molecule has 1 fully saturated rings. The van der Waals surface area contributed by atoms with Crippen molar-refractivity contribution in [1.29, 1.82) is 0 Å². The van der Waals surface area contributed by atoms with Crippen LogP contribution in [0.4, 0.5) is 5.82 Å². The van der Waals surface area contributed by atoms with Crippen molar-refractivity contribution in [3.63, 3.8) is 0 Å². The Labute approximate surface area is 168 Å². The summed E-state index contributed by atoms with van der Waals surface area (Å²) in [6.45, 7) is 0. The second kappa shape index (κ2) is 6.88. The molecule has 0 saturated heterocycles. The smallest absolute Gasteiger partial charge is 0.336 e. The Bertz CT molecular complexity index is 1240. The van der Waals surface area contributed by atoms with Gasteiger partial charge in [0.15, 0.2) is 0 Å². The summed E-state index contributed by atoms with van der Waals surface area (Å²) in [5.74, 6) is -0.450. The lowest BCUT2D eigenvalue weighted by Crippen LogP contribution is -2.12. The van der Waals surface area contributed by atoms with Gasteiger partial charge in [-0.3, -0.25) is 0 Å². The van der Waals surface area contributed by atoms with Gasteiger partial charge in [-0.1, -0.05) is 43.5 Å². The van der Waals surface area contributed by atoms with Gasteiger partial charge in [-0.2, -0.15) is 0 Å². The molecular formula is C23H22N4O2. The molecule has 2 aromatic carbocycles. The van der Waals surface area contributed by atoms with E-state index in [9.17, 15) is 9.90 Å². The zero-order valence-electron chi connectivity index (χ0n) is 16.0. The lowest BCUT2D eigenvalue weighted by atomic mass is 9.95. The second-order valence-electron chi connectivity index (χ2n) is 7.75. The quantitative estimate of drug-likeness (QED) is 0.514. The van der Waals surface area contributed by atoms with Crippen LogP contribution < -0.4 is 5.73 Å². The number of hydrogen-bond acceptors (Lipinski definition) is 4. The average Bonchev–Trinajstić information content (AvgIpc) is 3.14. The highest BCUT2D eigenvalue weighted by molar-refractivity contribution is 6.06. The van der Waals surface area contributed by atoms with Crippen LogP contribution in [0.2, 0.25) is 0 Å². The van der Waals surface area contributed by atoms with Crippen molar-refractivity contribution in [2.24, 2.45) is 0 Å². The minimum atomic E-state index is -0.921. The average molecular weight is 386 g/mol. The Morgan fingerprint density at radius 1 is 1.10 bits per heavy atom. The molecule has 2 heterocycles. The lowest BCUT2D eigenvalue weighted by Gasteiger charge is -2.23. The molecule has 0 spiro atoms. The highest BCUT2D eigenvalue weighted by Gasteiger charge is 2.22. The van der Waals surface area contributed by atoms with E-state index in [1.807, 2.05) is 24.3 Å². The second-order valence-corrected chi connectivity index (χ2v) is 7.75. The van der Waals surface area contributed by atoms with E-state index in [0.717, 1.165) is 45.8 Å². The fraction of sp³-hybridized carbons (Fsp3) is 0.261. The summed E-state index contributed by atoms with van der Waals surface area (Å²) in [5.41, 5.74) is 9.43. The summed E-state index contributed by atoms with van der Waals surface area (Å²) in [6.07, 6.45) is 9.71. The molecule has 1 saturated carbocycles. The van der Waals surface area contributed by atoms with E-state index in [0.29, 0.717) is 17.4 Å². The van der Waals surface area contributed by atoms with E-state index in [1.54, 1.807) is 12.1 Å². The van der Waals surface area contributed by atoms with Crippen molar-refractivity contribution in [3.8, 4) is 11.1 Å². The number of carboxylic acid groups (broad SMARTS) is 1. The fourth-order valence-corrected chi connectivity index (χ4v) is 4.60. The molecule has 4 aromatic rings. The monoisotopic (exact) mass is 386 g/mol. The van der Waals surface area contributed by atoms with Crippen LogP contribution in [0.3, 0.4) is 0 Å². The minimum Gasteiger partial charge on any atom is -0.478 e. The molecule has 1 aliphatic rings. The van der Waals surface area contributed by atoms with Crippen molar-refractivity contribution >= 4 is 33.6 Å². The molecule has 29 heavy (non-hydrogen) atoms. The highest BCUT2D eigenvalue weighted by atomic mass is 16.4. The van der Waals surface area contributed by atoms with E-state index < -0.39 is 5.97 Å². The van der Waals surface area contributed by atoms with Gasteiger partial charge in [0, 0.05) is 17.8 Å². The third kappa shape index (κ3) is 2.92. The summed E-state index contributed by atoms with van der Waals surface area (Å²) in [7, 11) is 0. The molecule has 5 rings (SSSR count). The molecule has 0 amide bonds. The van der Waals surface area contributed by atoms with E-state index in [2.05, 4.69) is 20.7 Å². The lowest BCUT2D eigenvalue weighted by molar-refractivity contribution is 0.0699. The number of anilines is 1. The zero-order valence-corrected chi connectivity index (χ0v) is 16.0. The van der Waals surface area contributed by atoms with Crippen molar-refractivity contribution in [1.82, 2.24) is 14.5 Å². The minimum absolute atomic E-state index is 0.307. The molecule has 6 heteroatoms. The third-order valence-corrected chi connectivity index (χ3v) is 6.03.